The number of nitrogens with zero attached hydrogens (tertiary/aromatic N) is 2. The van der Waals surface area contributed by atoms with Gasteiger partial charge in [-0.15, -0.1) is 11.6 Å². The van der Waals surface area contributed by atoms with Crippen LogP contribution in [0.15, 0.2) is 34.9 Å². The monoisotopic (exact) mass is 218 g/mol. The Labute approximate surface area is 91.1 Å². The predicted molar refractivity (Wildman–Crippen MR) is 58.0 cm³/mol. The highest BCUT2D eigenvalue weighted by Gasteiger charge is 2.14. The number of imidazole rings is 1. The summed E-state index contributed by atoms with van der Waals surface area (Å²) in [5.74, 6) is 0.960. The molecule has 0 aliphatic carbocycles. The summed E-state index contributed by atoms with van der Waals surface area (Å²) in [4.78, 5) is 8.60. The Bertz CT molecular complexity index is 590. The fraction of sp³-hybridized carbons (Fsp3) is 0.0909. The van der Waals surface area contributed by atoms with Crippen LogP contribution in [0, 0.1) is 0 Å². The zero-order chi connectivity index (χ0) is 10.3. The average Bonchev–Trinajstić information content (AvgIpc) is 2.72. The number of hydrogen-bond acceptors (Lipinski definition) is 3. The number of rotatable bonds is 1. The number of halogens is 1. The van der Waals surface area contributed by atoms with Crippen LogP contribution in [0.4, 0.5) is 0 Å². The molecule has 3 nitrogen and oxygen atoms in total. The zero-order valence-electron chi connectivity index (χ0n) is 7.77. The van der Waals surface area contributed by atoms with Gasteiger partial charge in [-0.1, -0.05) is 12.1 Å². The van der Waals surface area contributed by atoms with Gasteiger partial charge in [0.15, 0.2) is 0 Å². The minimum absolute atomic E-state index is 0.322. The first kappa shape index (κ1) is 8.68. The zero-order valence-corrected chi connectivity index (χ0v) is 8.53. The van der Waals surface area contributed by atoms with Crippen LogP contribution in [0.5, 0.6) is 0 Å². The molecule has 0 fully saturated rings. The maximum atomic E-state index is 5.69. The van der Waals surface area contributed by atoms with Crippen LogP contribution in [0.1, 0.15) is 5.82 Å². The van der Waals surface area contributed by atoms with Crippen LogP contribution in [0.2, 0.25) is 0 Å². The molecular weight excluding hydrogens is 212 g/mol. The molecule has 0 N–H and O–H groups in total. The Morgan fingerprint density at radius 1 is 1.20 bits per heavy atom. The van der Waals surface area contributed by atoms with Crippen molar-refractivity contribution in [1.29, 1.82) is 0 Å². The fourth-order valence-corrected chi connectivity index (χ4v) is 1.75. The highest BCUT2D eigenvalue weighted by atomic mass is 35.5. The molecule has 0 amide bonds. The van der Waals surface area contributed by atoms with Gasteiger partial charge in [-0.3, -0.25) is 0 Å². The summed E-state index contributed by atoms with van der Waals surface area (Å²) in [5.41, 5.74) is 2.42. The number of benzene rings is 1. The normalized spacial score (nSPS) is 11.3. The van der Waals surface area contributed by atoms with Crippen LogP contribution in [-0.4, -0.2) is 9.97 Å². The van der Waals surface area contributed by atoms with E-state index in [0.717, 1.165) is 22.4 Å². The molecule has 0 saturated carbocycles. The molecule has 15 heavy (non-hydrogen) atoms. The lowest BCUT2D eigenvalue weighted by molar-refractivity contribution is 0.603. The Kier molecular flexibility index (Phi) is 1.86. The third kappa shape index (κ3) is 1.27. The minimum Gasteiger partial charge on any atom is -0.462 e. The van der Waals surface area contributed by atoms with Gasteiger partial charge in [0.05, 0.1) is 5.88 Å². The van der Waals surface area contributed by atoms with E-state index >= 15 is 0 Å². The number of aromatic nitrogens is 2. The van der Waals surface area contributed by atoms with E-state index in [1.807, 2.05) is 24.3 Å². The predicted octanol–water partition coefficient (Wildman–Crippen LogP) is 3.07. The van der Waals surface area contributed by atoms with E-state index in [2.05, 4.69) is 9.97 Å². The van der Waals surface area contributed by atoms with E-state index in [0.29, 0.717) is 11.7 Å². The van der Waals surface area contributed by atoms with Crippen molar-refractivity contribution in [3.05, 3.63) is 36.4 Å². The topological polar surface area (TPSA) is 38.9 Å². The molecule has 0 bridgehead atoms. The molecule has 2 heterocycles. The van der Waals surface area contributed by atoms with Gasteiger partial charge in [0.1, 0.15) is 29.1 Å². The molecule has 3 rings (SSSR count). The van der Waals surface area contributed by atoms with Crippen LogP contribution in [0.25, 0.3) is 22.4 Å². The number of hydrogen-bond donors (Lipinski definition) is 0. The van der Waals surface area contributed by atoms with E-state index < -0.39 is 0 Å². The van der Waals surface area contributed by atoms with E-state index in [4.69, 9.17) is 16.0 Å². The van der Waals surface area contributed by atoms with Gasteiger partial charge >= 0.3 is 0 Å². The van der Waals surface area contributed by atoms with Gasteiger partial charge in [-0.05, 0) is 12.1 Å². The Balaban J connectivity index is 2.42. The second kappa shape index (κ2) is 3.21. The van der Waals surface area contributed by atoms with E-state index in [1.165, 1.54) is 0 Å². The Morgan fingerprint density at radius 2 is 2.07 bits per heavy atom. The van der Waals surface area contributed by atoms with Crippen LogP contribution < -0.4 is 0 Å². The summed E-state index contributed by atoms with van der Waals surface area (Å²) in [5, 5.41) is 0.971. The second-order valence-corrected chi connectivity index (χ2v) is 3.51. The van der Waals surface area contributed by atoms with Gasteiger partial charge < -0.3 is 4.42 Å². The minimum atomic E-state index is 0.322. The fourth-order valence-electron chi connectivity index (χ4n) is 1.63. The summed E-state index contributed by atoms with van der Waals surface area (Å²) in [6.07, 6.45) is 1.61. The molecule has 0 spiro atoms. The van der Waals surface area contributed by atoms with Crippen molar-refractivity contribution in [2.45, 2.75) is 5.88 Å². The number of fused-ring (bicyclic) bond motifs is 3. The summed E-state index contributed by atoms with van der Waals surface area (Å²) in [7, 11) is 0. The molecule has 4 heteroatoms. The van der Waals surface area contributed by atoms with Gasteiger partial charge in [-0.25, -0.2) is 9.97 Å². The molecule has 0 saturated heterocycles. The second-order valence-electron chi connectivity index (χ2n) is 3.24. The smallest absolute Gasteiger partial charge is 0.144 e. The van der Waals surface area contributed by atoms with Crippen LogP contribution >= 0.6 is 11.6 Å². The molecule has 1 aromatic carbocycles. The van der Waals surface area contributed by atoms with E-state index in [1.54, 1.807) is 6.26 Å². The molecule has 74 valence electrons. The summed E-state index contributed by atoms with van der Waals surface area (Å²) < 4.78 is 5.44. The SMILES string of the molecule is ClCc1nc2coc3ccccc3c-2n1. The molecule has 0 atom stereocenters. The van der Waals surface area contributed by atoms with Gasteiger partial charge in [0.25, 0.3) is 0 Å². The molecular formula is C11H7ClN2O. The molecule has 2 aliphatic rings. The first-order chi connectivity index (χ1) is 7.38. The first-order valence-electron chi connectivity index (χ1n) is 4.57. The van der Waals surface area contributed by atoms with Crippen molar-refractivity contribution in [3.8, 4) is 11.4 Å². The highest BCUT2D eigenvalue weighted by Crippen LogP contribution is 2.28. The summed E-state index contributed by atoms with van der Waals surface area (Å²) in [6.45, 7) is 0. The van der Waals surface area contributed by atoms with Crippen molar-refractivity contribution in [3.63, 3.8) is 0 Å². The van der Waals surface area contributed by atoms with Crippen molar-refractivity contribution in [2.75, 3.05) is 0 Å². The third-order valence-electron chi connectivity index (χ3n) is 2.29. The largest absolute Gasteiger partial charge is 0.462 e. The molecule has 0 radical (unpaired) electrons. The van der Waals surface area contributed by atoms with Crippen molar-refractivity contribution < 1.29 is 4.42 Å². The quantitative estimate of drug-likeness (QED) is 0.590. The lowest BCUT2D eigenvalue weighted by atomic mass is 10.1. The molecule has 1 aromatic rings. The van der Waals surface area contributed by atoms with Gasteiger partial charge in [-0.2, -0.15) is 0 Å². The summed E-state index contributed by atoms with van der Waals surface area (Å²) in [6, 6.07) is 7.75. The lowest BCUT2D eigenvalue weighted by Crippen LogP contribution is -1.81. The van der Waals surface area contributed by atoms with E-state index in [-0.39, 0.29) is 0 Å². The van der Waals surface area contributed by atoms with Crippen molar-refractivity contribution in [2.24, 2.45) is 0 Å². The standard InChI is InChI=1S/C11H7ClN2O/c12-5-10-13-8-6-15-9-4-2-1-3-7(9)11(8)14-10/h1-4,6H,5H2. The van der Waals surface area contributed by atoms with Crippen molar-refractivity contribution in [1.82, 2.24) is 9.97 Å². The Hall–Kier alpha value is -1.61. The lowest BCUT2D eigenvalue weighted by Gasteiger charge is -1.99. The Morgan fingerprint density at radius 3 is 2.93 bits per heavy atom. The molecule has 0 aromatic heterocycles. The van der Waals surface area contributed by atoms with E-state index in [9.17, 15) is 0 Å². The molecule has 2 aliphatic heterocycles. The van der Waals surface area contributed by atoms with Gasteiger partial charge in [0.2, 0.25) is 0 Å². The van der Waals surface area contributed by atoms with Gasteiger partial charge in [0, 0.05) is 5.39 Å². The summed E-state index contributed by atoms with van der Waals surface area (Å²) >= 11 is 5.69. The van der Waals surface area contributed by atoms with Crippen LogP contribution in [0.3, 0.4) is 0 Å². The van der Waals surface area contributed by atoms with Crippen molar-refractivity contribution >= 4 is 22.6 Å². The number of para-hydroxylation sites is 1. The number of alkyl halides is 1. The highest BCUT2D eigenvalue weighted by molar-refractivity contribution is 6.16. The maximum Gasteiger partial charge on any atom is 0.144 e. The molecule has 0 unspecified atom stereocenters. The first-order valence-corrected chi connectivity index (χ1v) is 5.11. The maximum absolute atomic E-state index is 5.69. The average molecular weight is 219 g/mol. The third-order valence-corrected chi connectivity index (χ3v) is 2.53. The van der Waals surface area contributed by atoms with Crippen LogP contribution in [-0.2, 0) is 5.88 Å².